The van der Waals surface area contributed by atoms with Crippen molar-refractivity contribution in [3.05, 3.63) is 24.0 Å². The fourth-order valence-corrected chi connectivity index (χ4v) is 2.66. The van der Waals surface area contributed by atoms with Crippen LogP contribution in [0.15, 0.2) is 18.2 Å². The smallest absolute Gasteiger partial charge is 0.329 e. The summed E-state index contributed by atoms with van der Waals surface area (Å²) >= 11 is 0. The Morgan fingerprint density at radius 1 is 1.41 bits per heavy atom. The average molecular weight is 308 g/mol. The molecule has 0 spiro atoms. The van der Waals surface area contributed by atoms with Crippen LogP contribution in [0.25, 0.3) is 0 Å². The molecule has 0 radical (unpaired) electrons. The highest BCUT2D eigenvalue weighted by molar-refractivity contribution is 6.08. The zero-order chi connectivity index (χ0) is 16.3. The minimum absolute atomic E-state index is 0.193. The molecule has 6 heteroatoms. The van der Waals surface area contributed by atoms with Gasteiger partial charge in [-0.1, -0.05) is 13.8 Å². The van der Waals surface area contributed by atoms with Gasteiger partial charge in [-0.05, 0) is 38.0 Å². The monoisotopic (exact) mass is 308 g/mol. The standard InChI is InChI=1S/C16H21FN2O3/c1-4-11-15(20)19(13(5-2)16(21)22-6-3)14-8-7-10(17)9-12(14)18-11/h7-9,11,13,18H,4-6H2,1-3H3. The molecule has 0 fully saturated rings. The first-order valence-corrected chi connectivity index (χ1v) is 7.59. The van der Waals surface area contributed by atoms with Crippen LogP contribution in [-0.4, -0.2) is 30.6 Å². The molecule has 2 atom stereocenters. The summed E-state index contributed by atoms with van der Waals surface area (Å²) in [6, 6.07) is 2.97. The third kappa shape index (κ3) is 2.91. The molecule has 1 aliphatic heterocycles. The van der Waals surface area contributed by atoms with Crippen molar-refractivity contribution in [1.82, 2.24) is 0 Å². The number of fused-ring (bicyclic) bond motifs is 1. The molecule has 1 aromatic rings. The third-order valence-electron chi connectivity index (χ3n) is 3.75. The van der Waals surface area contributed by atoms with E-state index >= 15 is 0 Å². The first-order chi connectivity index (χ1) is 10.5. The quantitative estimate of drug-likeness (QED) is 0.850. The van der Waals surface area contributed by atoms with E-state index in [1.165, 1.54) is 23.1 Å². The molecule has 0 bridgehead atoms. The number of hydrogen-bond donors (Lipinski definition) is 1. The number of benzene rings is 1. The molecule has 1 aliphatic rings. The van der Waals surface area contributed by atoms with Crippen molar-refractivity contribution in [2.24, 2.45) is 0 Å². The van der Waals surface area contributed by atoms with Crippen LogP contribution in [0.2, 0.25) is 0 Å². The van der Waals surface area contributed by atoms with Gasteiger partial charge in [0.2, 0.25) is 5.91 Å². The lowest BCUT2D eigenvalue weighted by Gasteiger charge is -2.38. The molecular formula is C16H21FN2O3. The summed E-state index contributed by atoms with van der Waals surface area (Å²) in [7, 11) is 0. The van der Waals surface area contributed by atoms with Gasteiger partial charge in [0.05, 0.1) is 18.0 Å². The minimum Gasteiger partial charge on any atom is -0.464 e. The maximum atomic E-state index is 13.5. The van der Waals surface area contributed by atoms with Crippen LogP contribution in [0.3, 0.4) is 0 Å². The summed E-state index contributed by atoms with van der Waals surface area (Å²) in [4.78, 5) is 26.3. The van der Waals surface area contributed by atoms with E-state index in [1.807, 2.05) is 13.8 Å². The Morgan fingerprint density at radius 3 is 2.73 bits per heavy atom. The van der Waals surface area contributed by atoms with Gasteiger partial charge in [0.15, 0.2) is 0 Å². The number of rotatable bonds is 5. The summed E-state index contributed by atoms with van der Waals surface area (Å²) in [6.07, 6.45) is 0.975. The van der Waals surface area contributed by atoms with Crippen LogP contribution in [0.4, 0.5) is 15.8 Å². The Kier molecular flexibility index (Phi) is 5.00. The topological polar surface area (TPSA) is 58.6 Å². The molecule has 0 saturated carbocycles. The van der Waals surface area contributed by atoms with E-state index < -0.39 is 18.1 Å². The van der Waals surface area contributed by atoms with E-state index in [-0.39, 0.29) is 18.3 Å². The van der Waals surface area contributed by atoms with Crippen LogP contribution in [0.5, 0.6) is 0 Å². The second-order valence-corrected chi connectivity index (χ2v) is 5.15. The molecule has 1 amide bonds. The molecule has 0 aromatic heterocycles. The number of anilines is 2. The zero-order valence-electron chi connectivity index (χ0n) is 13.1. The normalized spacial score (nSPS) is 18.5. The van der Waals surface area contributed by atoms with E-state index in [2.05, 4.69) is 5.32 Å². The SMILES string of the molecule is CCOC(=O)C(CC)N1C(=O)C(CC)Nc2cc(F)ccc21. The van der Waals surface area contributed by atoms with Gasteiger partial charge in [-0.15, -0.1) is 0 Å². The van der Waals surface area contributed by atoms with Gasteiger partial charge >= 0.3 is 5.97 Å². The zero-order valence-corrected chi connectivity index (χ0v) is 13.1. The molecular weight excluding hydrogens is 287 g/mol. The largest absolute Gasteiger partial charge is 0.464 e. The fraction of sp³-hybridized carbons (Fsp3) is 0.500. The highest BCUT2D eigenvalue weighted by atomic mass is 19.1. The second-order valence-electron chi connectivity index (χ2n) is 5.15. The number of amides is 1. The number of nitrogens with zero attached hydrogens (tertiary/aromatic N) is 1. The van der Waals surface area contributed by atoms with Gasteiger partial charge in [-0.3, -0.25) is 9.69 Å². The van der Waals surface area contributed by atoms with Crippen molar-refractivity contribution in [2.75, 3.05) is 16.8 Å². The maximum Gasteiger partial charge on any atom is 0.329 e. The molecule has 5 nitrogen and oxygen atoms in total. The number of carbonyl (C=O) groups excluding carboxylic acids is 2. The highest BCUT2D eigenvalue weighted by Gasteiger charge is 2.38. The third-order valence-corrected chi connectivity index (χ3v) is 3.75. The van der Waals surface area contributed by atoms with E-state index in [4.69, 9.17) is 4.74 Å². The predicted molar refractivity (Wildman–Crippen MR) is 82.3 cm³/mol. The lowest BCUT2D eigenvalue weighted by molar-refractivity contribution is -0.146. The van der Waals surface area contributed by atoms with Crippen molar-refractivity contribution in [1.29, 1.82) is 0 Å². The summed E-state index contributed by atoms with van der Waals surface area (Å²) < 4.78 is 18.6. The van der Waals surface area contributed by atoms with Crippen LogP contribution >= 0.6 is 0 Å². The fourth-order valence-electron chi connectivity index (χ4n) is 2.66. The van der Waals surface area contributed by atoms with Crippen molar-refractivity contribution < 1.29 is 18.7 Å². The van der Waals surface area contributed by atoms with Gasteiger partial charge in [-0.2, -0.15) is 0 Å². The molecule has 0 aliphatic carbocycles. The molecule has 1 N–H and O–H groups in total. The number of esters is 1. The van der Waals surface area contributed by atoms with E-state index in [1.54, 1.807) is 6.92 Å². The number of halogens is 1. The molecule has 1 heterocycles. The van der Waals surface area contributed by atoms with E-state index in [0.29, 0.717) is 24.2 Å². The minimum atomic E-state index is -0.701. The van der Waals surface area contributed by atoms with Crippen molar-refractivity contribution in [3.63, 3.8) is 0 Å². The first-order valence-electron chi connectivity index (χ1n) is 7.59. The molecule has 0 saturated heterocycles. The average Bonchev–Trinajstić information content (AvgIpc) is 2.50. The van der Waals surface area contributed by atoms with Crippen LogP contribution in [-0.2, 0) is 14.3 Å². The predicted octanol–water partition coefficient (Wildman–Crippen LogP) is 2.70. The van der Waals surface area contributed by atoms with E-state index in [9.17, 15) is 14.0 Å². The number of nitrogens with one attached hydrogen (secondary N) is 1. The second kappa shape index (κ2) is 6.77. The lowest BCUT2D eigenvalue weighted by Crippen LogP contribution is -2.54. The molecule has 2 unspecified atom stereocenters. The van der Waals surface area contributed by atoms with E-state index in [0.717, 1.165) is 0 Å². The van der Waals surface area contributed by atoms with Crippen molar-refractivity contribution >= 4 is 23.3 Å². The first kappa shape index (κ1) is 16.3. The van der Waals surface area contributed by atoms with Crippen LogP contribution in [0, 0.1) is 5.82 Å². The summed E-state index contributed by atoms with van der Waals surface area (Å²) in [5, 5.41) is 3.03. The Morgan fingerprint density at radius 2 is 2.14 bits per heavy atom. The molecule has 22 heavy (non-hydrogen) atoms. The van der Waals surface area contributed by atoms with Gasteiger partial charge in [0.1, 0.15) is 17.9 Å². The number of hydrogen-bond acceptors (Lipinski definition) is 4. The van der Waals surface area contributed by atoms with Crippen molar-refractivity contribution in [3.8, 4) is 0 Å². The Labute approximate surface area is 129 Å². The van der Waals surface area contributed by atoms with Crippen LogP contribution in [0.1, 0.15) is 33.6 Å². The lowest BCUT2D eigenvalue weighted by atomic mass is 10.0. The summed E-state index contributed by atoms with van der Waals surface area (Å²) in [5.41, 5.74) is 1.03. The Hall–Kier alpha value is -2.11. The van der Waals surface area contributed by atoms with Gasteiger partial charge in [0, 0.05) is 0 Å². The molecule has 120 valence electrons. The summed E-state index contributed by atoms with van der Waals surface area (Å²) in [6.45, 7) is 5.66. The van der Waals surface area contributed by atoms with Gasteiger partial charge in [-0.25, -0.2) is 9.18 Å². The Bertz CT molecular complexity index is 577. The molecule has 2 rings (SSSR count). The van der Waals surface area contributed by atoms with Crippen molar-refractivity contribution in [2.45, 2.75) is 45.7 Å². The number of carbonyl (C=O) groups is 2. The molecule has 1 aromatic carbocycles. The van der Waals surface area contributed by atoms with Gasteiger partial charge in [0.25, 0.3) is 0 Å². The van der Waals surface area contributed by atoms with Crippen LogP contribution < -0.4 is 10.2 Å². The van der Waals surface area contributed by atoms with Gasteiger partial charge < -0.3 is 10.1 Å². The summed E-state index contributed by atoms with van der Waals surface area (Å²) in [5.74, 6) is -1.02. The Balaban J connectivity index is 2.47. The highest BCUT2D eigenvalue weighted by Crippen LogP contribution is 2.35. The number of ether oxygens (including phenoxy) is 1. The maximum absolute atomic E-state index is 13.5.